The fourth-order valence-corrected chi connectivity index (χ4v) is 4.93. The summed E-state index contributed by atoms with van der Waals surface area (Å²) in [5.74, 6) is -0.473. The molecule has 0 unspecified atom stereocenters. The lowest BCUT2D eigenvalue weighted by molar-refractivity contribution is 0.00454. The summed E-state index contributed by atoms with van der Waals surface area (Å²) in [5.41, 5.74) is 3.67. The molecule has 35 heavy (non-hydrogen) atoms. The summed E-state index contributed by atoms with van der Waals surface area (Å²) in [4.78, 5) is 22.7. The van der Waals surface area contributed by atoms with Gasteiger partial charge in [0.1, 0.15) is 11.5 Å². The Bertz CT molecular complexity index is 1510. The number of halogens is 2. The molecule has 180 valence electrons. The highest BCUT2D eigenvalue weighted by molar-refractivity contribution is 6.30. The maximum atomic E-state index is 15.0. The highest BCUT2D eigenvalue weighted by Gasteiger charge is 2.30. The topological polar surface area (TPSA) is 74.3 Å². The van der Waals surface area contributed by atoms with Crippen LogP contribution >= 0.6 is 11.6 Å². The summed E-state index contributed by atoms with van der Waals surface area (Å²) in [7, 11) is 0. The molecule has 1 aliphatic carbocycles. The van der Waals surface area contributed by atoms with Crippen molar-refractivity contribution < 1.29 is 9.13 Å². The normalized spacial score (nSPS) is 20.5. The Kier molecular flexibility index (Phi) is 5.45. The number of nitrogens with zero attached hydrogens (tertiary/aromatic N) is 5. The van der Waals surface area contributed by atoms with E-state index in [4.69, 9.17) is 21.3 Å². The molecule has 1 aromatic carbocycles. The number of ether oxygens (including phenoxy) is 1. The third kappa shape index (κ3) is 4.04. The maximum absolute atomic E-state index is 15.0. The van der Waals surface area contributed by atoms with Gasteiger partial charge in [0.15, 0.2) is 5.65 Å². The Morgan fingerprint density at radius 3 is 2.74 bits per heavy atom. The van der Waals surface area contributed by atoms with Gasteiger partial charge in [0.25, 0.3) is 5.56 Å². The number of rotatable bonds is 4. The lowest BCUT2D eigenvalue weighted by Gasteiger charge is -2.29. The number of benzene rings is 1. The van der Waals surface area contributed by atoms with Gasteiger partial charge in [-0.05, 0) is 57.7 Å². The maximum Gasteiger partial charge on any atom is 0.261 e. The fraction of sp³-hybridized carbons (Fsp3) is 0.385. The molecular formula is C26H25ClFN5O2. The van der Waals surface area contributed by atoms with Crippen LogP contribution in [0.5, 0.6) is 0 Å². The molecule has 1 saturated carbocycles. The molecule has 1 saturated heterocycles. The molecule has 0 amide bonds. The second kappa shape index (κ2) is 8.53. The smallest absolute Gasteiger partial charge is 0.261 e. The third-order valence-corrected chi connectivity index (χ3v) is 7.34. The van der Waals surface area contributed by atoms with Crippen molar-refractivity contribution in [2.75, 3.05) is 6.61 Å². The minimum Gasteiger partial charge on any atom is -0.373 e. The number of aryl methyl sites for hydroxylation is 1. The number of hydrogen-bond donors (Lipinski definition) is 0. The van der Waals surface area contributed by atoms with Gasteiger partial charge in [0, 0.05) is 52.3 Å². The fourth-order valence-electron chi connectivity index (χ4n) is 4.77. The van der Waals surface area contributed by atoms with E-state index in [-0.39, 0.29) is 23.1 Å². The van der Waals surface area contributed by atoms with E-state index in [1.807, 2.05) is 10.9 Å². The molecule has 4 aromatic rings. The van der Waals surface area contributed by atoms with Crippen LogP contribution in [0.25, 0.3) is 16.9 Å². The SMILES string of the molecule is Cc1nc2c(-c3ccc(Cl)cc3F)nc([C@@H]3CCO[C@H](c4cnn(C5CC5)c4)C3)cn2c(=O)c1C. The van der Waals surface area contributed by atoms with Crippen LogP contribution in [0.15, 0.2) is 41.6 Å². The highest BCUT2D eigenvalue weighted by Crippen LogP contribution is 2.40. The number of hydrogen-bond acceptors (Lipinski definition) is 5. The summed E-state index contributed by atoms with van der Waals surface area (Å²) < 4.78 is 24.6. The average Bonchev–Trinajstić information content (AvgIpc) is 3.59. The van der Waals surface area contributed by atoms with Crippen LogP contribution in [-0.2, 0) is 4.74 Å². The van der Waals surface area contributed by atoms with Crippen molar-refractivity contribution in [3.63, 3.8) is 0 Å². The van der Waals surface area contributed by atoms with Crippen molar-refractivity contribution in [2.24, 2.45) is 0 Å². The predicted octanol–water partition coefficient (Wildman–Crippen LogP) is 5.33. The molecule has 2 aliphatic rings. The van der Waals surface area contributed by atoms with Crippen molar-refractivity contribution in [2.45, 2.75) is 57.6 Å². The monoisotopic (exact) mass is 493 g/mol. The van der Waals surface area contributed by atoms with Crippen LogP contribution in [0.2, 0.25) is 5.02 Å². The van der Waals surface area contributed by atoms with Gasteiger partial charge in [0.05, 0.1) is 24.0 Å². The quantitative estimate of drug-likeness (QED) is 0.384. The van der Waals surface area contributed by atoms with E-state index in [0.717, 1.165) is 17.7 Å². The molecule has 0 N–H and O–H groups in total. The molecule has 4 heterocycles. The molecule has 2 atom stereocenters. The van der Waals surface area contributed by atoms with Crippen LogP contribution in [-0.4, -0.2) is 30.8 Å². The zero-order valence-corrected chi connectivity index (χ0v) is 20.3. The molecule has 1 aliphatic heterocycles. The molecular weight excluding hydrogens is 469 g/mol. The summed E-state index contributed by atoms with van der Waals surface area (Å²) in [6.07, 6.45) is 9.40. The van der Waals surface area contributed by atoms with Crippen LogP contribution in [0.1, 0.15) is 66.3 Å². The lowest BCUT2D eigenvalue weighted by atomic mass is 9.90. The molecule has 0 bridgehead atoms. The molecule has 2 fully saturated rings. The summed E-state index contributed by atoms with van der Waals surface area (Å²) in [6.45, 7) is 4.09. The first-order valence-electron chi connectivity index (χ1n) is 11.9. The van der Waals surface area contributed by atoms with Crippen LogP contribution in [0, 0.1) is 19.7 Å². The summed E-state index contributed by atoms with van der Waals surface area (Å²) in [5, 5.41) is 4.80. The second-order valence-electron chi connectivity index (χ2n) is 9.53. The Labute approximate surface area is 206 Å². The Morgan fingerprint density at radius 1 is 1.14 bits per heavy atom. The molecule has 0 radical (unpaired) electrons. The van der Waals surface area contributed by atoms with E-state index in [1.54, 1.807) is 32.2 Å². The minimum absolute atomic E-state index is 0.0324. The van der Waals surface area contributed by atoms with E-state index in [1.165, 1.54) is 23.3 Å². The van der Waals surface area contributed by atoms with Crippen molar-refractivity contribution in [1.82, 2.24) is 24.1 Å². The van der Waals surface area contributed by atoms with Crippen LogP contribution in [0.3, 0.4) is 0 Å². The second-order valence-corrected chi connectivity index (χ2v) is 9.96. The van der Waals surface area contributed by atoms with Gasteiger partial charge in [-0.15, -0.1) is 0 Å². The molecule has 7 nitrogen and oxygen atoms in total. The van der Waals surface area contributed by atoms with E-state index in [2.05, 4.69) is 16.3 Å². The summed E-state index contributed by atoms with van der Waals surface area (Å²) in [6, 6.07) is 4.96. The third-order valence-electron chi connectivity index (χ3n) is 7.10. The Balaban J connectivity index is 1.45. The first kappa shape index (κ1) is 22.4. The standard InChI is InChI=1S/C26H25ClFN5O2/c1-14-15(2)30-25-24(20-6-3-18(27)10-21(20)28)31-22(13-32(25)26(14)34)16-7-8-35-23(9-16)17-11-29-33(12-17)19-4-5-19/h3,6,10-13,16,19,23H,4-5,7-9H2,1-2H3/t16-,23+/m1/s1. The van der Waals surface area contributed by atoms with Gasteiger partial charge < -0.3 is 4.74 Å². The van der Waals surface area contributed by atoms with E-state index < -0.39 is 5.82 Å². The van der Waals surface area contributed by atoms with Gasteiger partial charge in [-0.3, -0.25) is 13.9 Å². The zero-order valence-electron chi connectivity index (χ0n) is 19.5. The zero-order chi connectivity index (χ0) is 24.3. The molecule has 9 heteroatoms. The number of fused-ring (bicyclic) bond motifs is 1. The van der Waals surface area contributed by atoms with Crippen molar-refractivity contribution in [3.8, 4) is 11.3 Å². The lowest BCUT2D eigenvalue weighted by Crippen LogP contribution is -2.24. The summed E-state index contributed by atoms with van der Waals surface area (Å²) >= 11 is 5.99. The average molecular weight is 494 g/mol. The highest BCUT2D eigenvalue weighted by atomic mass is 35.5. The molecule has 6 rings (SSSR count). The first-order chi connectivity index (χ1) is 16.9. The van der Waals surface area contributed by atoms with Gasteiger partial charge in [-0.25, -0.2) is 14.4 Å². The van der Waals surface area contributed by atoms with E-state index in [9.17, 15) is 4.79 Å². The van der Waals surface area contributed by atoms with Crippen LogP contribution in [0.4, 0.5) is 4.39 Å². The van der Waals surface area contributed by atoms with Gasteiger partial charge >= 0.3 is 0 Å². The molecule has 0 spiro atoms. The first-order valence-corrected chi connectivity index (χ1v) is 12.3. The largest absolute Gasteiger partial charge is 0.373 e. The van der Waals surface area contributed by atoms with Crippen LogP contribution < -0.4 is 5.56 Å². The van der Waals surface area contributed by atoms with Gasteiger partial charge in [0.2, 0.25) is 0 Å². The van der Waals surface area contributed by atoms with E-state index >= 15 is 4.39 Å². The Morgan fingerprint density at radius 2 is 1.97 bits per heavy atom. The Hall–Kier alpha value is -3.10. The van der Waals surface area contributed by atoms with Crippen molar-refractivity contribution in [3.05, 3.63) is 80.5 Å². The molecule has 3 aromatic heterocycles. The van der Waals surface area contributed by atoms with E-state index in [0.29, 0.717) is 46.7 Å². The predicted molar refractivity (Wildman–Crippen MR) is 130 cm³/mol. The minimum atomic E-state index is -0.506. The van der Waals surface area contributed by atoms with Crippen molar-refractivity contribution >= 4 is 17.2 Å². The number of aromatic nitrogens is 5. The van der Waals surface area contributed by atoms with Crippen molar-refractivity contribution in [1.29, 1.82) is 0 Å². The van der Waals surface area contributed by atoms with Gasteiger partial charge in [-0.2, -0.15) is 5.10 Å². The van der Waals surface area contributed by atoms with Gasteiger partial charge in [-0.1, -0.05) is 11.6 Å².